The normalized spacial score (nSPS) is 10.8. The van der Waals surface area contributed by atoms with Crippen LogP contribution in [0.4, 0.5) is 5.69 Å². The molecule has 0 saturated heterocycles. The summed E-state index contributed by atoms with van der Waals surface area (Å²) in [6.45, 7) is 6.63. The summed E-state index contributed by atoms with van der Waals surface area (Å²) in [5.41, 5.74) is 2.11. The van der Waals surface area contributed by atoms with Gasteiger partial charge in [0.2, 0.25) is 0 Å². The van der Waals surface area contributed by atoms with Gasteiger partial charge in [-0.15, -0.1) is 0 Å². The molecule has 3 aromatic carbocycles. The smallest absolute Gasteiger partial charge is 0.259 e. The zero-order chi connectivity index (χ0) is 21.5. The predicted molar refractivity (Wildman–Crippen MR) is 121 cm³/mol. The lowest BCUT2D eigenvalue weighted by Crippen LogP contribution is -2.30. The van der Waals surface area contributed by atoms with Crippen LogP contribution in [-0.2, 0) is 4.79 Å². The number of nitrogens with one attached hydrogen (secondary N) is 2. The second-order valence-electron chi connectivity index (χ2n) is 7.79. The highest BCUT2D eigenvalue weighted by Crippen LogP contribution is 2.27. The number of ether oxygens (including phenoxy) is 1. The van der Waals surface area contributed by atoms with Gasteiger partial charge in [-0.05, 0) is 53.8 Å². The van der Waals surface area contributed by atoms with Crippen LogP contribution in [0.25, 0.3) is 10.8 Å². The zero-order valence-electron chi connectivity index (χ0n) is 17.7. The van der Waals surface area contributed by atoms with Gasteiger partial charge in [-0.1, -0.05) is 56.3 Å². The van der Waals surface area contributed by atoms with Gasteiger partial charge < -0.3 is 15.4 Å². The molecule has 3 aromatic rings. The maximum Gasteiger partial charge on any atom is 0.259 e. The van der Waals surface area contributed by atoms with Gasteiger partial charge in [0, 0.05) is 12.2 Å². The van der Waals surface area contributed by atoms with Gasteiger partial charge in [0.05, 0.1) is 5.56 Å². The topological polar surface area (TPSA) is 67.4 Å². The van der Waals surface area contributed by atoms with Crippen molar-refractivity contribution in [3.05, 3.63) is 71.8 Å². The molecule has 0 aromatic heterocycles. The zero-order valence-corrected chi connectivity index (χ0v) is 17.7. The monoisotopic (exact) mass is 404 g/mol. The van der Waals surface area contributed by atoms with E-state index in [4.69, 9.17) is 4.74 Å². The molecule has 0 aliphatic carbocycles. The molecule has 0 atom stereocenters. The third-order valence-corrected chi connectivity index (χ3v) is 4.89. The van der Waals surface area contributed by atoms with E-state index in [1.807, 2.05) is 61.5 Å². The molecule has 0 aliphatic rings. The van der Waals surface area contributed by atoms with Crippen LogP contribution in [0.5, 0.6) is 5.75 Å². The van der Waals surface area contributed by atoms with E-state index in [0.29, 0.717) is 23.8 Å². The van der Waals surface area contributed by atoms with Crippen LogP contribution in [0.1, 0.15) is 36.2 Å². The van der Waals surface area contributed by atoms with E-state index in [0.717, 1.165) is 28.4 Å². The number of benzene rings is 3. The van der Waals surface area contributed by atoms with Crippen molar-refractivity contribution in [1.29, 1.82) is 0 Å². The number of carbonyl (C=O) groups is 2. The summed E-state index contributed by atoms with van der Waals surface area (Å²) >= 11 is 0. The number of carbonyl (C=O) groups excluding carboxylic acids is 2. The third kappa shape index (κ3) is 5.60. The van der Waals surface area contributed by atoms with Crippen molar-refractivity contribution in [2.45, 2.75) is 27.2 Å². The molecule has 30 heavy (non-hydrogen) atoms. The standard InChI is InChI=1S/C25H28N2O3/c1-17(2)12-13-26-24(28)16-30-23-15-20-10-6-5-9-19(20)14-21(23)25(29)27-22-11-7-4-8-18(22)3/h4-11,14-15,17H,12-13,16H2,1-3H3,(H,26,28)(H,27,29). The minimum absolute atomic E-state index is 0.138. The van der Waals surface area contributed by atoms with Crippen molar-refractivity contribution in [3.8, 4) is 5.75 Å². The number of hydrogen-bond acceptors (Lipinski definition) is 3. The van der Waals surface area contributed by atoms with Crippen LogP contribution in [-0.4, -0.2) is 25.0 Å². The molecule has 156 valence electrons. The first kappa shape index (κ1) is 21.4. The molecule has 0 radical (unpaired) electrons. The van der Waals surface area contributed by atoms with Gasteiger partial charge in [0.15, 0.2) is 6.61 Å². The van der Waals surface area contributed by atoms with Gasteiger partial charge in [0.1, 0.15) is 5.75 Å². The first-order valence-electron chi connectivity index (χ1n) is 10.2. The molecular weight excluding hydrogens is 376 g/mol. The van der Waals surface area contributed by atoms with E-state index < -0.39 is 0 Å². The number of rotatable bonds is 8. The average Bonchev–Trinajstić information content (AvgIpc) is 2.73. The Morgan fingerprint density at radius 2 is 1.63 bits per heavy atom. The number of hydrogen-bond donors (Lipinski definition) is 2. The highest BCUT2D eigenvalue weighted by atomic mass is 16.5. The maximum absolute atomic E-state index is 13.0. The number of anilines is 1. The van der Waals surface area contributed by atoms with Crippen molar-refractivity contribution >= 4 is 28.3 Å². The quantitative estimate of drug-likeness (QED) is 0.559. The summed E-state index contributed by atoms with van der Waals surface area (Å²) in [5.74, 6) is 0.432. The van der Waals surface area contributed by atoms with Gasteiger partial charge in [-0.25, -0.2) is 0 Å². The Labute approximate surface area is 177 Å². The Balaban J connectivity index is 1.80. The Hall–Kier alpha value is -3.34. The maximum atomic E-state index is 13.0. The van der Waals surface area contributed by atoms with Crippen molar-refractivity contribution in [3.63, 3.8) is 0 Å². The molecule has 0 bridgehead atoms. The third-order valence-electron chi connectivity index (χ3n) is 4.89. The van der Waals surface area contributed by atoms with E-state index in [1.54, 1.807) is 6.07 Å². The molecule has 0 heterocycles. The number of para-hydroxylation sites is 1. The molecule has 2 amide bonds. The Morgan fingerprint density at radius 1 is 0.967 bits per heavy atom. The summed E-state index contributed by atoms with van der Waals surface area (Å²) in [4.78, 5) is 25.2. The minimum atomic E-state index is -0.273. The molecule has 5 heteroatoms. The van der Waals surface area contributed by atoms with E-state index in [-0.39, 0.29) is 18.4 Å². The lowest BCUT2D eigenvalue weighted by Gasteiger charge is -2.14. The number of amides is 2. The molecule has 3 rings (SSSR count). The second-order valence-corrected chi connectivity index (χ2v) is 7.79. The van der Waals surface area contributed by atoms with Gasteiger partial charge in [0.25, 0.3) is 11.8 Å². The van der Waals surface area contributed by atoms with Crippen LogP contribution in [0.3, 0.4) is 0 Å². The summed E-state index contributed by atoms with van der Waals surface area (Å²) in [6, 6.07) is 19.0. The molecule has 0 unspecified atom stereocenters. The van der Waals surface area contributed by atoms with Crippen molar-refractivity contribution in [1.82, 2.24) is 5.32 Å². The van der Waals surface area contributed by atoms with Gasteiger partial charge in [-0.3, -0.25) is 9.59 Å². The van der Waals surface area contributed by atoms with E-state index in [2.05, 4.69) is 24.5 Å². The highest BCUT2D eigenvalue weighted by molar-refractivity contribution is 6.09. The lowest BCUT2D eigenvalue weighted by atomic mass is 10.0. The molecule has 5 nitrogen and oxygen atoms in total. The Morgan fingerprint density at radius 3 is 2.33 bits per heavy atom. The van der Waals surface area contributed by atoms with Crippen LogP contribution in [0.15, 0.2) is 60.7 Å². The van der Waals surface area contributed by atoms with Crippen molar-refractivity contribution in [2.24, 2.45) is 5.92 Å². The summed E-state index contributed by atoms with van der Waals surface area (Å²) in [7, 11) is 0. The van der Waals surface area contributed by atoms with Gasteiger partial charge in [-0.2, -0.15) is 0 Å². The predicted octanol–water partition coefficient (Wildman–Crippen LogP) is 4.94. The number of fused-ring (bicyclic) bond motifs is 1. The average molecular weight is 405 g/mol. The minimum Gasteiger partial charge on any atom is -0.483 e. The summed E-state index contributed by atoms with van der Waals surface area (Å²) in [6.07, 6.45) is 0.909. The second kappa shape index (κ2) is 9.92. The van der Waals surface area contributed by atoms with E-state index >= 15 is 0 Å². The molecular formula is C25H28N2O3. The number of aryl methyl sites for hydroxylation is 1. The fourth-order valence-electron chi connectivity index (χ4n) is 3.11. The van der Waals surface area contributed by atoms with Gasteiger partial charge >= 0.3 is 0 Å². The molecule has 0 saturated carbocycles. The molecule has 0 spiro atoms. The SMILES string of the molecule is Cc1ccccc1NC(=O)c1cc2ccccc2cc1OCC(=O)NCCC(C)C. The van der Waals surface area contributed by atoms with Crippen LogP contribution in [0, 0.1) is 12.8 Å². The van der Waals surface area contributed by atoms with Crippen LogP contribution >= 0.6 is 0 Å². The molecule has 2 N–H and O–H groups in total. The summed E-state index contributed by atoms with van der Waals surface area (Å²) in [5, 5.41) is 7.68. The van der Waals surface area contributed by atoms with E-state index in [9.17, 15) is 9.59 Å². The molecule has 0 fully saturated rings. The van der Waals surface area contributed by atoms with Crippen molar-refractivity contribution in [2.75, 3.05) is 18.5 Å². The fraction of sp³-hybridized carbons (Fsp3) is 0.280. The Kier molecular flexibility index (Phi) is 7.07. The first-order valence-corrected chi connectivity index (χ1v) is 10.2. The van der Waals surface area contributed by atoms with Crippen LogP contribution in [0.2, 0.25) is 0 Å². The first-order chi connectivity index (χ1) is 14.4. The van der Waals surface area contributed by atoms with Crippen LogP contribution < -0.4 is 15.4 Å². The largest absolute Gasteiger partial charge is 0.483 e. The molecule has 0 aliphatic heterocycles. The van der Waals surface area contributed by atoms with E-state index in [1.165, 1.54) is 0 Å². The highest BCUT2D eigenvalue weighted by Gasteiger charge is 2.16. The van der Waals surface area contributed by atoms with Crippen molar-refractivity contribution < 1.29 is 14.3 Å². The summed E-state index contributed by atoms with van der Waals surface area (Å²) < 4.78 is 5.78. The lowest BCUT2D eigenvalue weighted by molar-refractivity contribution is -0.123. The fourth-order valence-corrected chi connectivity index (χ4v) is 3.11. The Bertz CT molecular complexity index is 1040.